The van der Waals surface area contributed by atoms with Crippen molar-refractivity contribution < 1.29 is 4.79 Å². The van der Waals surface area contributed by atoms with Crippen LogP contribution in [0.25, 0.3) is 21.5 Å². The smallest absolute Gasteiger partial charge is 0.258 e. The zero-order valence-corrected chi connectivity index (χ0v) is 9.53. The first-order chi connectivity index (χ1) is 8.75. The predicted octanol–water partition coefficient (Wildman–Crippen LogP) is 3.14. The second kappa shape index (κ2) is 3.01. The Morgan fingerprint density at radius 1 is 1.00 bits per heavy atom. The van der Waals surface area contributed by atoms with Crippen molar-refractivity contribution in [1.29, 1.82) is 0 Å². The second-order valence-electron chi connectivity index (χ2n) is 4.55. The number of carbonyl (C=O) groups excluding carboxylic acids is 1. The summed E-state index contributed by atoms with van der Waals surface area (Å²) in [7, 11) is 0. The molecule has 0 aromatic heterocycles. The van der Waals surface area contributed by atoms with E-state index in [1.54, 1.807) is 6.07 Å². The number of nitrogen functional groups attached to an aromatic ring is 1. The summed E-state index contributed by atoms with van der Waals surface area (Å²) in [6, 6.07) is 13.9. The summed E-state index contributed by atoms with van der Waals surface area (Å²) in [4.78, 5) is 12.0. The number of benzene rings is 3. The molecule has 4 rings (SSSR count). The van der Waals surface area contributed by atoms with Gasteiger partial charge in [0.25, 0.3) is 5.91 Å². The maximum absolute atomic E-state index is 12.0. The molecule has 3 heteroatoms. The van der Waals surface area contributed by atoms with Crippen LogP contribution in [-0.2, 0) is 0 Å². The lowest BCUT2D eigenvalue weighted by Gasteiger charge is -2.06. The molecular weight excluding hydrogens is 224 g/mol. The average Bonchev–Trinajstić information content (AvgIpc) is 2.73. The van der Waals surface area contributed by atoms with Gasteiger partial charge in [-0.1, -0.05) is 30.3 Å². The number of amides is 1. The molecule has 1 aliphatic heterocycles. The minimum Gasteiger partial charge on any atom is -0.398 e. The lowest BCUT2D eigenvalue weighted by Crippen LogP contribution is -2.06. The van der Waals surface area contributed by atoms with E-state index in [0.29, 0.717) is 11.3 Å². The van der Waals surface area contributed by atoms with Crippen LogP contribution in [0.2, 0.25) is 0 Å². The summed E-state index contributed by atoms with van der Waals surface area (Å²) in [5, 5.41) is 7.11. The van der Waals surface area contributed by atoms with Gasteiger partial charge in [0.15, 0.2) is 0 Å². The summed E-state index contributed by atoms with van der Waals surface area (Å²) in [6.07, 6.45) is 0. The highest BCUT2D eigenvalue weighted by Crippen LogP contribution is 2.41. The predicted molar refractivity (Wildman–Crippen MR) is 73.8 cm³/mol. The van der Waals surface area contributed by atoms with E-state index in [2.05, 4.69) is 11.4 Å². The average molecular weight is 234 g/mol. The van der Waals surface area contributed by atoms with Crippen LogP contribution in [0.5, 0.6) is 0 Å². The molecule has 1 amide bonds. The minimum absolute atomic E-state index is 0.107. The molecule has 0 radical (unpaired) electrons. The topological polar surface area (TPSA) is 55.1 Å². The maximum Gasteiger partial charge on any atom is 0.258 e. The van der Waals surface area contributed by atoms with Crippen molar-refractivity contribution in [3.8, 4) is 0 Å². The van der Waals surface area contributed by atoms with Gasteiger partial charge in [-0.05, 0) is 22.9 Å². The monoisotopic (exact) mass is 234 g/mol. The van der Waals surface area contributed by atoms with Gasteiger partial charge in [-0.2, -0.15) is 0 Å². The first-order valence-corrected chi connectivity index (χ1v) is 5.81. The first kappa shape index (κ1) is 9.48. The highest BCUT2D eigenvalue weighted by molar-refractivity contribution is 6.31. The Morgan fingerprint density at radius 2 is 1.83 bits per heavy atom. The van der Waals surface area contributed by atoms with Crippen molar-refractivity contribution in [1.82, 2.24) is 0 Å². The van der Waals surface area contributed by atoms with E-state index >= 15 is 0 Å². The highest BCUT2D eigenvalue weighted by atomic mass is 16.1. The number of anilines is 2. The molecular formula is C15H10N2O. The fourth-order valence-electron chi connectivity index (χ4n) is 2.73. The van der Waals surface area contributed by atoms with E-state index in [9.17, 15) is 4.79 Å². The van der Waals surface area contributed by atoms with Crippen LogP contribution in [0.3, 0.4) is 0 Å². The molecule has 18 heavy (non-hydrogen) atoms. The number of fused-ring (bicyclic) bond motifs is 2. The molecule has 0 fully saturated rings. The SMILES string of the molecule is Nc1ccc2cc3ccccc3c3c2c1C(=O)N3. The quantitative estimate of drug-likeness (QED) is 0.463. The molecule has 3 N–H and O–H groups in total. The van der Waals surface area contributed by atoms with Crippen molar-refractivity contribution in [3.63, 3.8) is 0 Å². The molecule has 1 aliphatic rings. The van der Waals surface area contributed by atoms with Gasteiger partial charge in [-0.25, -0.2) is 0 Å². The van der Waals surface area contributed by atoms with Crippen LogP contribution < -0.4 is 11.1 Å². The van der Waals surface area contributed by atoms with Gasteiger partial charge in [0.2, 0.25) is 0 Å². The van der Waals surface area contributed by atoms with E-state index in [1.165, 1.54) is 0 Å². The second-order valence-corrected chi connectivity index (χ2v) is 4.55. The summed E-state index contributed by atoms with van der Waals surface area (Å²) in [5.41, 5.74) is 7.93. The highest BCUT2D eigenvalue weighted by Gasteiger charge is 2.25. The minimum atomic E-state index is -0.107. The number of carbonyl (C=O) groups is 1. The lowest BCUT2D eigenvalue weighted by molar-refractivity contribution is 0.103. The Labute approximate surface area is 103 Å². The molecule has 0 aliphatic carbocycles. The summed E-state index contributed by atoms with van der Waals surface area (Å²) in [5.74, 6) is -0.107. The molecule has 3 aromatic carbocycles. The van der Waals surface area contributed by atoms with Gasteiger partial charge >= 0.3 is 0 Å². The normalized spacial score (nSPS) is 13.2. The van der Waals surface area contributed by atoms with Crippen LogP contribution in [0, 0.1) is 0 Å². The van der Waals surface area contributed by atoms with Crippen LogP contribution >= 0.6 is 0 Å². The van der Waals surface area contributed by atoms with Crippen LogP contribution in [-0.4, -0.2) is 5.91 Å². The number of nitrogens with one attached hydrogen (secondary N) is 1. The first-order valence-electron chi connectivity index (χ1n) is 5.81. The van der Waals surface area contributed by atoms with Gasteiger partial charge in [0.1, 0.15) is 0 Å². The Hall–Kier alpha value is -2.55. The number of hydrogen-bond donors (Lipinski definition) is 2. The van der Waals surface area contributed by atoms with Crippen molar-refractivity contribution >= 4 is 38.8 Å². The Kier molecular flexibility index (Phi) is 1.59. The van der Waals surface area contributed by atoms with Gasteiger partial charge in [-0.15, -0.1) is 0 Å². The number of rotatable bonds is 0. The molecule has 0 spiro atoms. The molecule has 0 atom stereocenters. The zero-order valence-electron chi connectivity index (χ0n) is 9.53. The number of nitrogens with two attached hydrogens (primary N) is 1. The third kappa shape index (κ3) is 1.01. The third-order valence-corrected chi connectivity index (χ3v) is 3.53. The Balaban J connectivity index is 2.33. The van der Waals surface area contributed by atoms with Crippen molar-refractivity contribution in [3.05, 3.63) is 48.0 Å². The molecule has 86 valence electrons. The fraction of sp³-hybridized carbons (Fsp3) is 0. The zero-order chi connectivity index (χ0) is 12.3. The fourth-order valence-corrected chi connectivity index (χ4v) is 2.73. The third-order valence-electron chi connectivity index (χ3n) is 3.53. The van der Waals surface area contributed by atoms with Crippen molar-refractivity contribution in [2.75, 3.05) is 11.1 Å². The molecule has 3 aromatic rings. The van der Waals surface area contributed by atoms with E-state index in [4.69, 9.17) is 5.73 Å². The van der Waals surface area contributed by atoms with Crippen molar-refractivity contribution in [2.45, 2.75) is 0 Å². The van der Waals surface area contributed by atoms with Crippen LogP contribution in [0.4, 0.5) is 11.4 Å². The largest absolute Gasteiger partial charge is 0.398 e. The van der Waals surface area contributed by atoms with Crippen molar-refractivity contribution in [2.24, 2.45) is 0 Å². The lowest BCUT2D eigenvalue weighted by atomic mass is 9.99. The van der Waals surface area contributed by atoms with E-state index in [0.717, 1.165) is 27.2 Å². The maximum atomic E-state index is 12.0. The van der Waals surface area contributed by atoms with Crippen LogP contribution in [0.15, 0.2) is 42.5 Å². The summed E-state index contributed by atoms with van der Waals surface area (Å²) >= 11 is 0. The van der Waals surface area contributed by atoms with Gasteiger partial charge in [0.05, 0.1) is 11.3 Å². The summed E-state index contributed by atoms with van der Waals surface area (Å²) < 4.78 is 0. The molecule has 0 bridgehead atoms. The number of hydrogen-bond acceptors (Lipinski definition) is 2. The molecule has 0 unspecified atom stereocenters. The molecule has 0 saturated heterocycles. The Morgan fingerprint density at radius 3 is 2.72 bits per heavy atom. The van der Waals surface area contributed by atoms with Gasteiger partial charge in [-0.3, -0.25) is 4.79 Å². The standard InChI is InChI=1S/C15H10N2O/c16-11-6-5-9-7-8-3-1-2-4-10(8)14-12(9)13(11)15(18)17-14/h1-7H,16H2,(H,17,18). The van der Waals surface area contributed by atoms with E-state index in [-0.39, 0.29) is 5.91 Å². The van der Waals surface area contributed by atoms with E-state index < -0.39 is 0 Å². The van der Waals surface area contributed by atoms with Gasteiger partial charge in [0, 0.05) is 16.5 Å². The molecule has 1 heterocycles. The molecule has 0 saturated carbocycles. The van der Waals surface area contributed by atoms with Crippen LogP contribution in [0.1, 0.15) is 10.4 Å². The van der Waals surface area contributed by atoms with E-state index in [1.807, 2.05) is 30.3 Å². The van der Waals surface area contributed by atoms with Gasteiger partial charge < -0.3 is 11.1 Å². The molecule has 3 nitrogen and oxygen atoms in total. The summed E-state index contributed by atoms with van der Waals surface area (Å²) in [6.45, 7) is 0. The Bertz CT molecular complexity index is 837.